The summed E-state index contributed by atoms with van der Waals surface area (Å²) >= 11 is 5.93. The first kappa shape index (κ1) is 16.6. The number of benzene rings is 1. The van der Waals surface area contributed by atoms with E-state index in [1.54, 1.807) is 0 Å². The van der Waals surface area contributed by atoms with Gasteiger partial charge in [0.25, 0.3) is 0 Å². The van der Waals surface area contributed by atoms with E-state index in [1.165, 1.54) is 19.3 Å². The SMILES string of the molecule is Cc1cc(Cl)ccc1OC[C@@H](O)CN1[C@H](C)CCC[C@@H]1C. The largest absolute Gasteiger partial charge is 0.491 e. The Labute approximate surface area is 132 Å². The number of aliphatic hydroxyl groups is 1. The Morgan fingerprint density at radius 2 is 2.00 bits per heavy atom. The van der Waals surface area contributed by atoms with Gasteiger partial charge in [-0.05, 0) is 57.4 Å². The van der Waals surface area contributed by atoms with Crippen LogP contribution < -0.4 is 4.74 Å². The first-order chi connectivity index (χ1) is 9.97. The smallest absolute Gasteiger partial charge is 0.122 e. The Morgan fingerprint density at radius 1 is 1.33 bits per heavy atom. The quantitative estimate of drug-likeness (QED) is 0.901. The molecule has 1 aliphatic rings. The van der Waals surface area contributed by atoms with E-state index in [4.69, 9.17) is 16.3 Å². The second-order valence-corrected chi connectivity index (χ2v) is 6.64. The van der Waals surface area contributed by atoms with Gasteiger partial charge in [0.1, 0.15) is 18.5 Å². The van der Waals surface area contributed by atoms with Crippen molar-refractivity contribution in [3.63, 3.8) is 0 Å². The van der Waals surface area contributed by atoms with Gasteiger partial charge < -0.3 is 9.84 Å². The predicted molar refractivity (Wildman–Crippen MR) is 87.2 cm³/mol. The zero-order valence-electron chi connectivity index (χ0n) is 13.2. The van der Waals surface area contributed by atoms with Gasteiger partial charge in [0.05, 0.1) is 0 Å². The average molecular weight is 312 g/mol. The van der Waals surface area contributed by atoms with Crippen molar-refractivity contribution < 1.29 is 9.84 Å². The Balaban J connectivity index is 1.85. The van der Waals surface area contributed by atoms with Crippen LogP contribution in [0.4, 0.5) is 0 Å². The van der Waals surface area contributed by atoms with Crippen LogP contribution >= 0.6 is 11.6 Å². The lowest BCUT2D eigenvalue weighted by Gasteiger charge is -2.40. The maximum Gasteiger partial charge on any atom is 0.122 e. The van der Waals surface area contributed by atoms with Crippen molar-refractivity contribution in [3.8, 4) is 5.75 Å². The second kappa shape index (κ2) is 7.48. The molecular weight excluding hydrogens is 286 g/mol. The molecule has 0 unspecified atom stereocenters. The molecule has 1 fully saturated rings. The minimum atomic E-state index is -0.469. The summed E-state index contributed by atoms with van der Waals surface area (Å²) in [6, 6.07) is 6.63. The number of rotatable bonds is 5. The molecule has 0 aromatic heterocycles. The number of aliphatic hydroxyl groups excluding tert-OH is 1. The lowest BCUT2D eigenvalue weighted by atomic mass is 9.97. The number of hydrogen-bond acceptors (Lipinski definition) is 3. The molecule has 3 atom stereocenters. The molecule has 21 heavy (non-hydrogen) atoms. The van der Waals surface area contributed by atoms with Crippen molar-refractivity contribution in [1.29, 1.82) is 0 Å². The first-order valence-corrected chi connectivity index (χ1v) is 8.18. The zero-order chi connectivity index (χ0) is 15.4. The molecule has 2 rings (SSSR count). The third-order valence-corrected chi connectivity index (χ3v) is 4.60. The van der Waals surface area contributed by atoms with Crippen molar-refractivity contribution in [2.24, 2.45) is 0 Å². The summed E-state index contributed by atoms with van der Waals surface area (Å²) in [5.74, 6) is 0.790. The number of aryl methyl sites for hydroxylation is 1. The van der Waals surface area contributed by atoms with E-state index in [1.807, 2.05) is 25.1 Å². The number of piperidine rings is 1. The van der Waals surface area contributed by atoms with Gasteiger partial charge in [0.2, 0.25) is 0 Å². The molecular formula is C17H26ClNO2. The molecule has 0 amide bonds. The third kappa shape index (κ3) is 4.60. The van der Waals surface area contributed by atoms with Gasteiger partial charge >= 0.3 is 0 Å². The first-order valence-electron chi connectivity index (χ1n) is 7.80. The van der Waals surface area contributed by atoms with Gasteiger partial charge in [-0.15, -0.1) is 0 Å². The van der Waals surface area contributed by atoms with Crippen LogP contribution in [-0.2, 0) is 0 Å². The van der Waals surface area contributed by atoms with Crippen LogP contribution in [0.5, 0.6) is 5.75 Å². The number of nitrogens with zero attached hydrogens (tertiary/aromatic N) is 1. The summed E-state index contributed by atoms with van der Waals surface area (Å²) in [5.41, 5.74) is 0.995. The fourth-order valence-electron chi connectivity index (χ4n) is 3.09. The van der Waals surface area contributed by atoms with Crippen LogP contribution in [0.3, 0.4) is 0 Å². The summed E-state index contributed by atoms with van der Waals surface area (Å²) in [6.07, 6.45) is 3.25. The fourth-order valence-corrected chi connectivity index (χ4v) is 3.32. The Bertz CT molecular complexity index is 456. The van der Waals surface area contributed by atoms with Crippen molar-refractivity contribution in [2.75, 3.05) is 13.2 Å². The van der Waals surface area contributed by atoms with Crippen molar-refractivity contribution in [2.45, 2.75) is 58.2 Å². The maximum absolute atomic E-state index is 10.3. The molecule has 0 spiro atoms. The molecule has 0 saturated carbocycles. The number of halogens is 1. The van der Waals surface area contributed by atoms with Crippen molar-refractivity contribution in [1.82, 2.24) is 4.90 Å². The topological polar surface area (TPSA) is 32.7 Å². The Morgan fingerprint density at radius 3 is 2.62 bits per heavy atom. The van der Waals surface area contributed by atoms with Crippen LogP contribution in [0.2, 0.25) is 5.02 Å². The summed E-state index contributed by atoms with van der Waals surface area (Å²) in [4.78, 5) is 2.40. The highest BCUT2D eigenvalue weighted by molar-refractivity contribution is 6.30. The third-order valence-electron chi connectivity index (χ3n) is 4.37. The minimum Gasteiger partial charge on any atom is -0.491 e. The molecule has 118 valence electrons. The molecule has 1 saturated heterocycles. The molecule has 1 aliphatic heterocycles. The Kier molecular flexibility index (Phi) is 5.91. The van der Waals surface area contributed by atoms with Gasteiger partial charge in [-0.25, -0.2) is 0 Å². The molecule has 1 N–H and O–H groups in total. The highest BCUT2D eigenvalue weighted by Gasteiger charge is 2.26. The van der Waals surface area contributed by atoms with E-state index in [9.17, 15) is 5.11 Å². The monoisotopic (exact) mass is 311 g/mol. The molecule has 0 bridgehead atoms. The maximum atomic E-state index is 10.3. The minimum absolute atomic E-state index is 0.318. The molecule has 1 heterocycles. The van der Waals surface area contributed by atoms with Crippen LogP contribution in [0, 0.1) is 6.92 Å². The van der Waals surface area contributed by atoms with E-state index in [0.717, 1.165) is 11.3 Å². The zero-order valence-corrected chi connectivity index (χ0v) is 13.9. The van der Waals surface area contributed by atoms with E-state index < -0.39 is 6.10 Å². The summed E-state index contributed by atoms with van der Waals surface area (Å²) in [5, 5.41) is 11.0. The standard InChI is InChI=1S/C17H26ClNO2/c1-12-9-15(18)7-8-17(12)21-11-16(20)10-19-13(2)5-4-6-14(19)3/h7-9,13-14,16,20H,4-6,10-11H2,1-3H3/t13-,14+,16-/m0/s1. The van der Waals surface area contributed by atoms with Gasteiger partial charge in [-0.2, -0.15) is 0 Å². The van der Waals surface area contributed by atoms with Gasteiger partial charge in [-0.3, -0.25) is 4.90 Å². The van der Waals surface area contributed by atoms with Gasteiger partial charge in [-0.1, -0.05) is 18.0 Å². The Hall–Kier alpha value is -0.770. The highest BCUT2D eigenvalue weighted by atomic mass is 35.5. The predicted octanol–water partition coefficient (Wildman–Crippen LogP) is 3.65. The van der Waals surface area contributed by atoms with E-state index >= 15 is 0 Å². The molecule has 1 aromatic rings. The van der Waals surface area contributed by atoms with Crippen LogP contribution in [0.25, 0.3) is 0 Å². The van der Waals surface area contributed by atoms with E-state index in [-0.39, 0.29) is 0 Å². The number of hydrogen-bond donors (Lipinski definition) is 1. The van der Waals surface area contributed by atoms with Crippen LogP contribution in [0.15, 0.2) is 18.2 Å². The highest BCUT2D eigenvalue weighted by Crippen LogP contribution is 2.24. The lowest BCUT2D eigenvalue weighted by Crippen LogP contribution is -2.48. The number of ether oxygens (including phenoxy) is 1. The van der Waals surface area contributed by atoms with E-state index in [0.29, 0.717) is 30.3 Å². The van der Waals surface area contributed by atoms with Crippen LogP contribution in [-0.4, -0.2) is 41.3 Å². The summed E-state index contributed by atoms with van der Waals surface area (Å²) in [6.45, 7) is 7.44. The normalized spacial score (nSPS) is 24.8. The fraction of sp³-hybridized carbons (Fsp3) is 0.647. The average Bonchev–Trinajstić information content (AvgIpc) is 2.42. The van der Waals surface area contributed by atoms with Crippen molar-refractivity contribution >= 4 is 11.6 Å². The molecule has 1 aromatic carbocycles. The number of β-amino-alcohol motifs (C(OH)–C–C–N with tert-alkyl or cyclic N) is 1. The van der Waals surface area contributed by atoms with Gasteiger partial charge in [0.15, 0.2) is 0 Å². The molecule has 0 aliphatic carbocycles. The number of likely N-dealkylation sites (tertiary alicyclic amines) is 1. The van der Waals surface area contributed by atoms with E-state index in [2.05, 4.69) is 18.7 Å². The molecule has 0 radical (unpaired) electrons. The van der Waals surface area contributed by atoms with Crippen molar-refractivity contribution in [3.05, 3.63) is 28.8 Å². The van der Waals surface area contributed by atoms with Crippen LogP contribution in [0.1, 0.15) is 38.7 Å². The van der Waals surface area contributed by atoms with Gasteiger partial charge in [0, 0.05) is 23.7 Å². The molecule has 4 heteroatoms. The second-order valence-electron chi connectivity index (χ2n) is 6.20. The summed E-state index contributed by atoms with van der Waals surface area (Å²) in [7, 11) is 0. The summed E-state index contributed by atoms with van der Waals surface area (Å²) < 4.78 is 5.73. The lowest BCUT2D eigenvalue weighted by molar-refractivity contribution is 0.0208. The molecule has 3 nitrogen and oxygen atoms in total.